The second kappa shape index (κ2) is 7.64. The van der Waals surface area contributed by atoms with Gasteiger partial charge in [-0.15, -0.1) is 0 Å². The van der Waals surface area contributed by atoms with Crippen LogP contribution in [0.2, 0.25) is 0 Å². The van der Waals surface area contributed by atoms with E-state index in [2.05, 4.69) is 37.9 Å². The molecule has 1 aliphatic rings. The fourth-order valence-electron chi connectivity index (χ4n) is 2.13. The van der Waals surface area contributed by atoms with Crippen molar-refractivity contribution in [2.75, 3.05) is 38.5 Å². The summed E-state index contributed by atoms with van der Waals surface area (Å²) in [5, 5.41) is 8.87. The molecular weight excluding hydrogens is 256 g/mol. The number of hydrogen-bond acceptors (Lipinski definition) is 5. The number of hydrogen-bond donors (Lipinski definition) is 3. The van der Waals surface area contributed by atoms with Gasteiger partial charge < -0.3 is 20.9 Å². The predicted octanol–water partition coefficient (Wildman–Crippen LogP) is 0.282. The smallest absolute Gasteiger partial charge is 0.315 e. The van der Waals surface area contributed by atoms with Crippen molar-refractivity contribution in [3.05, 3.63) is 18.5 Å². The minimum absolute atomic E-state index is 0.102. The lowest BCUT2D eigenvalue weighted by Crippen LogP contribution is -2.47. The number of nitrogens with zero attached hydrogens (tertiary/aromatic N) is 3. The number of anilines is 1. The van der Waals surface area contributed by atoms with E-state index in [9.17, 15) is 4.79 Å². The fraction of sp³-hybridized carbons (Fsp3) is 0.615. The summed E-state index contributed by atoms with van der Waals surface area (Å²) in [5.41, 5.74) is 0. The van der Waals surface area contributed by atoms with E-state index < -0.39 is 0 Å². The number of amides is 2. The maximum atomic E-state index is 11.7. The molecule has 1 saturated heterocycles. The molecular formula is C13H22N6O. The van der Waals surface area contributed by atoms with Crippen molar-refractivity contribution in [1.29, 1.82) is 0 Å². The lowest BCUT2D eigenvalue weighted by Gasteiger charge is -2.29. The maximum Gasteiger partial charge on any atom is 0.315 e. The molecule has 3 N–H and O–H groups in total. The van der Waals surface area contributed by atoms with Gasteiger partial charge in [-0.05, 0) is 39.0 Å². The van der Waals surface area contributed by atoms with Crippen LogP contribution in [0.1, 0.15) is 12.8 Å². The summed E-state index contributed by atoms with van der Waals surface area (Å²) in [4.78, 5) is 22.1. The molecule has 0 saturated carbocycles. The van der Waals surface area contributed by atoms with Gasteiger partial charge in [0.15, 0.2) is 0 Å². The van der Waals surface area contributed by atoms with E-state index in [0.717, 1.165) is 25.9 Å². The van der Waals surface area contributed by atoms with Gasteiger partial charge in [0.1, 0.15) is 0 Å². The largest absolute Gasteiger partial charge is 0.352 e. The molecule has 0 radical (unpaired) electrons. The van der Waals surface area contributed by atoms with Crippen LogP contribution in [0.3, 0.4) is 0 Å². The van der Waals surface area contributed by atoms with Crippen LogP contribution in [-0.4, -0.2) is 60.2 Å². The number of likely N-dealkylation sites (tertiary alicyclic amines) is 1. The van der Waals surface area contributed by atoms with Crippen LogP contribution in [0, 0.1) is 0 Å². The van der Waals surface area contributed by atoms with Gasteiger partial charge in [0.05, 0.1) is 0 Å². The topological polar surface area (TPSA) is 82.2 Å². The highest BCUT2D eigenvalue weighted by molar-refractivity contribution is 5.74. The van der Waals surface area contributed by atoms with E-state index in [0.29, 0.717) is 19.0 Å². The van der Waals surface area contributed by atoms with E-state index in [4.69, 9.17) is 0 Å². The molecule has 0 aliphatic carbocycles. The van der Waals surface area contributed by atoms with Gasteiger partial charge in [-0.25, -0.2) is 14.8 Å². The molecule has 1 aromatic rings. The van der Waals surface area contributed by atoms with E-state index >= 15 is 0 Å². The Hall–Kier alpha value is -1.89. The van der Waals surface area contributed by atoms with Gasteiger partial charge in [-0.1, -0.05) is 0 Å². The van der Waals surface area contributed by atoms with Gasteiger partial charge in [-0.2, -0.15) is 0 Å². The van der Waals surface area contributed by atoms with Gasteiger partial charge >= 0.3 is 6.03 Å². The Morgan fingerprint density at radius 3 is 2.70 bits per heavy atom. The number of aromatic nitrogens is 2. The van der Waals surface area contributed by atoms with Crippen LogP contribution < -0.4 is 16.0 Å². The molecule has 1 aliphatic heterocycles. The van der Waals surface area contributed by atoms with Crippen LogP contribution >= 0.6 is 0 Å². The number of piperidine rings is 1. The number of rotatable bonds is 5. The van der Waals surface area contributed by atoms with Gasteiger partial charge in [0.2, 0.25) is 5.95 Å². The van der Waals surface area contributed by atoms with Gasteiger partial charge in [0, 0.05) is 31.5 Å². The first-order valence-corrected chi connectivity index (χ1v) is 6.98. The molecule has 0 unspecified atom stereocenters. The number of carbonyl (C=O) groups is 1. The van der Waals surface area contributed by atoms with Crippen molar-refractivity contribution >= 4 is 12.0 Å². The third-order valence-electron chi connectivity index (χ3n) is 3.31. The van der Waals surface area contributed by atoms with Crippen LogP contribution in [0.15, 0.2) is 18.5 Å². The van der Waals surface area contributed by atoms with Crippen LogP contribution in [0.25, 0.3) is 0 Å². The van der Waals surface area contributed by atoms with Gasteiger partial charge in [0.25, 0.3) is 0 Å². The summed E-state index contributed by atoms with van der Waals surface area (Å²) >= 11 is 0. The zero-order chi connectivity index (χ0) is 14.2. The summed E-state index contributed by atoms with van der Waals surface area (Å²) < 4.78 is 0. The minimum atomic E-state index is -0.102. The molecule has 2 rings (SSSR count). The first-order chi connectivity index (χ1) is 9.74. The Bertz CT molecular complexity index is 405. The summed E-state index contributed by atoms with van der Waals surface area (Å²) in [6.45, 7) is 3.22. The third kappa shape index (κ3) is 5.00. The van der Waals surface area contributed by atoms with E-state index in [1.165, 1.54) is 0 Å². The first-order valence-electron chi connectivity index (χ1n) is 6.98. The number of nitrogens with one attached hydrogen (secondary N) is 3. The van der Waals surface area contributed by atoms with Crippen LogP contribution in [-0.2, 0) is 0 Å². The third-order valence-corrected chi connectivity index (χ3v) is 3.31. The Morgan fingerprint density at radius 1 is 1.30 bits per heavy atom. The summed E-state index contributed by atoms with van der Waals surface area (Å²) in [5.74, 6) is 0.574. The molecule has 0 atom stereocenters. The Morgan fingerprint density at radius 2 is 2.00 bits per heavy atom. The predicted molar refractivity (Wildman–Crippen MR) is 77.6 cm³/mol. The maximum absolute atomic E-state index is 11.7. The molecule has 0 aromatic carbocycles. The van der Waals surface area contributed by atoms with E-state index in [1.807, 2.05) is 0 Å². The minimum Gasteiger partial charge on any atom is -0.352 e. The Kier molecular flexibility index (Phi) is 5.55. The summed E-state index contributed by atoms with van der Waals surface area (Å²) in [6, 6.07) is 1.95. The van der Waals surface area contributed by atoms with Crippen molar-refractivity contribution < 1.29 is 4.79 Å². The standard InChI is InChI=1S/C13H22N6O/c1-19-9-3-11(4-10-19)18-13(20)17-8-7-16-12-14-5-2-6-15-12/h2,5-6,11H,3-4,7-10H2,1H3,(H,14,15,16)(H2,17,18,20). The SMILES string of the molecule is CN1CCC(NC(=O)NCCNc2ncccn2)CC1. The van der Waals surface area contributed by atoms with Crippen molar-refractivity contribution in [2.24, 2.45) is 0 Å². The van der Waals surface area contributed by atoms with Crippen molar-refractivity contribution in [2.45, 2.75) is 18.9 Å². The molecule has 0 spiro atoms. The highest BCUT2D eigenvalue weighted by atomic mass is 16.2. The first kappa shape index (κ1) is 14.5. The van der Waals surface area contributed by atoms with Crippen molar-refractivity contribution in [1.82, 2.24) is 25.5 Å². The molecule has 2 heterocycles. The molecule has 1 aromatic heterocycles. The zero-order valence-corrected chi connectivity index (χ0v) is 11.8. The zero-order valence-electron chi connectivity index (χ0n) is 11.8. The molecule has 110 valence electrons. The molecule has 2 amide bonds. The normalized spacial score (nSPS) is 16.6. The second-order valence-corrected chi connectivity index (χ2v) is 4.98. The van der Waals surface area contributed by atoms with Crippen LogP contribution in [0.4, 0.5) is 10.7 Å². The quantitative estimate of drug-likeness (QED) is 0.674. The average molecular weight is 278 g/mol. The second-order valence-electron chi connectivity index (χ2n) is 4.98. The van der Waals surface area contributed by atoms with E-state index in [-0.39, 0.29) is 12.1 Å². The monoisotopic (exact) mass is 278 g/mol. The lowest BCUT2D eigenvalue weighted by atomic mass is 10.1. The molecule has 7 heteroatoms. The fourth-order valence-corrected chi connectivity index (χ4v) is 2.13. The van der Waals surface area contributed by atoms with Crippen LogP contribution in [0.5, 0.6) is 0 Å². The number of urea groups is 1. The Labute approximate surface area is 119 Å². The molecule has 20 heavy (non-hydrogen) atoms. The lowest BCUT2D eigenvalue weighted by molar-refractivity contribution is 0.214. The summed E-state index contributed by atoms with van der Waals surface area (Å²) in [7, 11) is 2.10. The Balaban J connectivity index is 1.56. The highest BCUT2D eigenvalue weighted by Crippen LogP contribution is 2.07. The molecule has 0 bridgehead atoms. The molecule has 1 fully saturated rings. The van der Waals surface area contributed by atoms with Gasteiger partial charge in [-0.3, -0.25) is 0 Å². The summed E-state index contributed by atoms with van der Waals surface area (Å²) in [6.07, 6.45) is 5.38. The average Bonchev–Trinajstić information content (AvgIpc) is 2.47. The highest BCUT2D eigenvalue weighted by Gasteiger charge is 2.17. The van der Waals surface area contributed by atoms with Crippen molar-refractivity contribution in [3.63, 3.8) is 0 Å². The van der Waals surface area contributed by atoms with E-state index in [1.54, 1.807) is 18.5 Å². The van der Waals surface area contributed by atoms with Crippen molar-refractivity contribution in [3.8, 4) is 0 Å². The molecule has 7 nitrogen and oxygen atoms in total. The number of carbonyl (C=O) groups excluding carboxylic acids is 1.